The van der Waals surface area contributed by atoms with Gasteiger partial charge in [-0.25, -0.2) is 0 Å². The van der Waals surface area contributed by atoms with Crippen molar-refractivity contribution >= 4 is 5.91 Å². The fourth-order valence-electron chi connectivity index (χ4n) is 2.40. The van der Waals surface area contributed by atoms with Crippen LogP contribution in [0.4, 0.5) is 0 Å². The van der Waals surface area contributed by atoms with E-state index in [1.54, 1.807) is 0 Å². The molecule has 1 atom stereocenters. The molecule has 1 unspecified atom stereocenters. The Morgan fingerprint density at radius 1 is 1.29 bits per heavy atom. The molecule has 5 heteroatoms. The van der Waals surface area contributed by atoms with Crippen LogP contribution in [0.1, 0.15) is 46.0 Å². The predicted octanol–water partition coefficient (Wildman–Crippen LogP) is 1.81. The second kappa shape index (κ2) is 12.0. The van der Waals surface area contributed by atoms with Crippen LogP contribution >= 0.6 is 0 Å². The first-order chi connectivity index (χ1) is 10.3. The molecule has 124 valence electrons. The minimum atomic E-state index is 0.111. The molecule has 1 saturated heterocycles. The number of ether oxygens (including phenoxy) is 2. The highest BCUT2D eigenvalue weighted by Crippen LogP contribution is 2.04. The molecule has 5 nitrogen and oxygen atoms in total. The van der Waals surface area contributed by atoms with E-state index in [0.717, 1.165) is 52.3 Å². The number of amides is 1. The van der Waals surface area contributed by atoms with E-state index in [1.165, 1.54) is 12.8 Å². The van der Waals surface area contributed by atoms with E-state index < -0.39 is 0 Å². The molecule has 0 aromatic carbocycles. The van der Waals surface area contributed by atoms with Crippen molar-refractivity contribution in [1.29, 1.82) is 0 Å². The summed E-state index contributed by atoms with van der Waals surface area (Å²) < 4.78 is 11.4. The third-order valence-electron chi connectivity index (χ3n) is 3.67. The molecule has 0 spiro atoms. The zero-order valence-electron chi connectivity index (χ0n) is 13.7. The van der Waals surface area contributed by atoms with Crippen molar-refractivity contribution in [3.05, 3.63) is 0 Å². The summed E-state index contributed by atoms with van der Waals surface area (Å²) in [5.41, 5.74) is 0. The quantitative estimate of drug-likeness (QED) is 0.591. The lowest BCUT2D eigenvalue weighted by atomic mass is 10.2. The maximum atomic E-state index is 11.5. The van der Waals surface area contributed by atoms with Gasteiger partial charge in [0.2, 0.25) is 5.91 Å². The zero-order chi connectivity index (χ0) is 15.3. The van der Waals surface area contributed by atoms with Crippen LogP contribution in [-0.4, -0.2) is 62.9 Å². The van der Waals surface area contributed by atoms with Gasteiger partial charge in [0, 0.05) is 39.2 Å². The Morgan fingerprint density at radius 3 is 2.90 bits per heavy atom. The average Bonchev–Trinajstić information content (AvgIpc) is 2.49. The van der Waals surface area contributed by atoms with E-state index in [9.17, 15) is 4.79 Å². The van der Waals surface area contributed by atoms with E-state index in [-0.39, 0.29) is 12.0 Å². The van der Waals surface area contributed by atoms with E-state index >= 15 is 0 Å². The number of hydrogen-bond acceptors (Lipinski definition) is 4. The lowest BCUT2D eigenvalue weighted by molar-refractivity contribution is -0.122. The maximum absolute atomic E-state index is 11.5. The van der Waals surface area contributed by atoms with Crippen LogP contribution in [0.15, 0.2) is 0 Å². The molecule has 0 aromatic heterocycles. The van der Waals surface area contributed by atoms with E-state index in [2.05, 4.69) is 17.1 Å². The highest BCUT2D eigenvalue weighted by molar-refractivity contribution is 5.75. The number of carbonyl (C=O) groups excluding carboxylic acids is 1. The number of rotatable bonds is 11. The Labute approximate surface area is 129 Å². The molecular formula is C16H32N2O3. The van der Waals surface area contributed by atoms with Gasteiger partial charge < -0.3 is 14.8 Å². The van der Waals surface area contributed by atoms with Crippen LogP contribution in [0, 0.1) is 0 Å². The van der Waals surface area contributed by atoms with Crippen LogP contribution in [0.5, 0.6) is 0 Å². The zero-order valence-corrected chi connectivity index (χ0v) is 13.7. The minimum Gasteiger partial charge on any atom is -0.380 e. The van der Waals surface area contributed by atoms with Gasteiger partial charge in [-0.1, -0.05) is 26.7 Å². The van der Waals surface area contributed by atoms with Gasteiger partial charge in [0.05, 0.1) is 19.3 Å². The first-order valence-electron chi connectivity index (χ1n) is 8.44. The normalized spacial score (nSPS) is 19.6. The first kappa shape index (κ1) is 18.4. The van der Waals surface area contributed by atoms with Crippen molar-refractivity contribution in [2.45, 2.75) is 52.1 Å². The number of unbranched alkanes of at least 4 members (excludes halogenated alkanes) is 2. The molecule has 1 heterocycles. The number of hydrogen-bond donors (Lipinski definition) is 1. The van der Waals surface area contributed by atoms with E-state index in [1.807, 2.05) is 6.92 Å². The monoisotopic (exact) mass is 300 g/mol. The van der Waals surface area contributed by atoms with Gasteiger partial charge in [-0.3, -0.25) is 9.69 Å². The van der Waals surface area contributed by atoms with Crippen molar-refractivity contribution < 1.29 is 14.3 Å². The minimum absolute atomic E-state index is 0.111. The molecule has 1 N–H and O–H groups in total. The Morgan fingerprint density at radius 2 is 2.14 bits per heavy atom. The van der Waals surface area contributed by atoms with Gasteiger partial charge in [-0.2, -0.15) is 0 Å². The van der Waals surface area contributed by atoms with Crippen molar-refractivity contribution in [1.82, 2.24) is 10.2 Å². The van der Waals surface area contributed by atoms with Crippen LogP contribution in [-0.2, 0) is 14.3 Å². The first-order valence-corrected chi connectivity index (χ1v) is 8.44. The molecule has 21 heavy (non-hydrogen) atoms. The van der Waals surface area contributed by atoms with E-state index in [4.69, 9.17) is 9.47 Å². The predicted molar refractivity (Wildman–Crippen MR) is 84.4 cm³/mol. The number of morpholine rings is 1. The van der Waals surface area contributed by atoms with Gasteiger partial charge in [0.25, 0.3) is 0 Å². The van der Waals surface area contributed by atoms with Crippen molar-refractivity contribution in [3.63, 3.8) is 0 Å². The molecule has 0 saturated carbocycles. The summed E-state index contributed by atoms with van der Waals surface area (Å²) >= 11 is 0. The van der Waals surface area contributed by atoms with Gasteiger partial charge in [0.15, 0.2) is 0 Å². The summed E-state index contributed by atoms with van der Waals surface area (Å²) in [5.74, 6) is 0.123. The molecule has 0 aromatic rings. The molecule has 0 radical (unpaired) electrons. The highest BCUT2D eigenvalue weighted by Gasteiger charge is 2.20. The summed E-state index contributed by atoms with van der Waals surface area (Å²) in [6.07, 6.45) is 5.24. The average molecular weight is 300 g/mol. The molecule has 1 fully saturated rings. The topological polar surface area (TPSA) is 50.8 Å². The van der Waals surface area contributed by atoms with Gasteiger partial charge in [-0.15, -0.1) is 0 Å². The Bertz CT molecular complexity index is 274. The Hall–Kier alpha value is -0.650. The van der Waals surface area contributed by atoms with Gasteiger partial charge in [-0.05, 0) is 12.8 Å². The molecule has 1 aliphatic heterocycles. The second-order valence-electron chi connectivity index (χ2n) is 5.67. The standard InChI is InChI=1S/C16H32N2O3/c1-3-5-6-10-20-11-8-18-9-12-21-15(14-18)13-17-16(19)7-4-2/h15H,3-14H2,1-2H3,(H,17,19). The van der Waals surface area contributed by atoms with Crippen LogP contribution in [0.2, 0.25) is 0 Å². The Balaban J connectivity index is 2.07. The molecule has 1 amide bonds. The second-order valence-corrected chi connectivity index (χ2v) is 5.67. The molecule has 0 aliphatic carbocycles. The summed E-state index contributed by atoms with van der Waals surface area (Å²) in [5, 5.41) is 2.94. The van der Waals surface area contributed by atoms with E-state index in [0.29, 0.717) is 13.0 Å². The molecular weight excluding hydrogens is 268 g/mol. The lowest BCUT2D eigenvalue weighted by Crippen LogP contribution is -2.48. The van der Waals surface area contributed by atoms with Crippen LogP contribution in [0.25, 0.3) is 0 Å². The summed E-state index contributed by atoms with van der Waals surface area (Å²) in [7, 11) is 0. The number of nitrogens with zero attached hydrogens (tertiary/aromatic N) is 1. The van der Waals surface area contributed by atoms with Gasteiger partial charge in [0.1, 0.15) is 0 Å². The SMILES string of the molecule is CCCCCOCCN1CCOC(CNC(=O)CCC)C1. The van der Waals surface area contributed by atoms with Crippen molar-refractivity contribution in [2.75, 3.05) is 46.0 Å². The fraction of sp³-hybridized carbons (Fsp3) is 0.938. The maximum Gasteiger partial charge on any atom is 0.220 e. The third kappa shape index (κ3) is 9.06. The fourth-order valence-corrected chi connectivity index (χ4v) is 2.40. The summed E-state index contributed by atoms with van der Waals surface area (Å²) in [6.45, 7) is 10.0. The molecule has 1 rings (SSSR count). The largest absolute Gasteiger partial charge is 0.380 e. The highest BCUT2D eigenvalue weighted by atomic mass is 16.5. The number of nitrogens with one attached hydrogen (secondary N) is 1. The van der Waals surface area contributed by atoms with Crippen molar-refractivity contribution in [3.8, 4) is 0 Å². The third-order valence-corrected chi connectivity index (χ3v) is 3.67. The summed E-state index contributed by atoms with van der Waals surface area (Å²) in [4.78, 5) is 13.8. The van der Waals surface area contributed by atoms with Crippen molar-refractivity contribution in [2.24, 2.45) is 0 Å². The van der Waals surface area contributed by atoms with Gasteiger partial charge >= 0.3 is 0 Å². The molecule has 1 aliphatic rings. The van der Waals surface area contributed by atoms with Crippen LogP contribution < -0.4 is 5.32 Å². The molecule has 0 bridgehead atoms. The smallest absolute Gasteiger partial charge is 0.220 e. The Kier molecular flexibility index (Phi) is 10.5. The number of carbonyl (C=O) groups is 1. The van der Waals surface area contributed by atoms with Crippen LogP contribution in [0.3, 0.4) is 0 Å². The summed E-state index contributed by atoms with van der Waals surface area (Å²) in [6, 6.07) is 0. The lowest BCUT2D eigenvalue weighted by Gasteiger charge is -2.32.